The van der Waals surface area contributed by atoms with Crippen LogP contribution in [0.4, 0.5) is 15.0 Å². The Morgan fingerprint density at radius 3 is 2.63 bits per heavy atom. The van der Waals surface area contributed by atoms with Crippen molar-refractivity contribution in [1.82, 2.24) is 15.1 Å². The van der Waals surface area contributed by atoms with Gasteiger partial charge in [-0.2, -0.15) is 0 Å². The number of benzene rings is 2. The zero-order chi connectivity index (χ0) is 32.1. The number of amides is 4. The molecule has 3 atom stereocenters. The number of thioether (sulfide) groups is 1. The summed E-state index contributed by atoms with van der Waals surface area (Å²) in [7, 11) is 0. The Hall–Kier alpha value is -4.25. The van der Waals surface area contributed by atoms with E-state index in [1.807, 2.05) is 30.3 Å². The number of carboxylic acids is 1. The Morgan fingerprint density at radius 1 is 1.17 bits per heavy atom. The third-order valence-electron chi connectivity index (χ3n) is 6.90. The largest absolute Gasteiger partial charge is 1.00 e. The first-order chi connectivity index (χ1) is 21.6. The number of nitrogens with one attached hydrogen (secondary N) is 2. The van der Waals surface area contributed by atoms with E-state index in [9.17, 15) is 33.6 Å². The van der Waals surface area contributed by atoms with Gasteiger partial charge in [0, 0.05) is 34.7 Å². The van der Waals surface area contributed by atoms with E-state index >= 15 is 0 Å². The molecule has 46 heavy (non-hydrogen) atoms. The number of esters is 1. The van der Waals surface area contributed by atoms with E-state index in [0.717, 1.165) is 15.4 Å². The van der Waals surface area contributed by atoms with Crippen LogP contribution in [-0.4, -0.2) is 88.3 Å². The van der Waals surface area contributed by atoms with Crippen LogP contribution >= 0.6 is 11.8 Å². The SMILES string of the molecule is CC(=O)OCC1=C(C(=O)[O-])N2C(=O)C(NC(=O)Cc3cccc(NC(=O)N4CC(N=Cc5ccccc5)N=C4OF)c3)[C@@H]2SC1.[Na+]. The number of rotatable bonds is 9. The number of aliphatic imine (C=N–C) groups is 2. The van der Waals surface area contributed by atoms with Gasteiger partial charge in [-0.3, -0.25) is 29.2 Å². The summed E-state index contributed by atoms with van der Waals surface area (Å²) in [5.41, 5.74) is 1.46. The molecule has 234 valence electrons. The van der Waals surface area contributed by atoms with Gasteiger partial charge < -0.3 is 25.3 Å². The van der Waals surface area contributed by atoms with Gasteiger partial charge in [0.1, 0.15) is 18.0 Å². The van der Waals surface area contributed by atoms with Gasteiger partial charge in [0.25, 0.3) is 5.91 Å². The number of aliphatic carboxylic acids is 1. The Morgan fingerprint density at radius 2 is 1.93 bits per heavy atom. The molecule has 0 aliphatic carbocycles. The summed E-state index contributed by atoms with van der Waals surface area (Å²) < 4.78 is 18.1. The number of amidine groups is 1. The van der Waals surface area contributed by atoms with Crippen LogP contribution in [0.15, 0.2) is 75.9 Å². The standard InChI is InChI=1S/C29H27FN6O8S.Na/c1-16(37)43-14-19-15-45-26-23(25(39)36(26)24(19)27(40)41)34-22(38)11-18-8-5-9-20(10-18)32-28(42)35-13-21(33-29(35)44-30)31-12-17-6-3-2-4-7-17;/h2-10,12,21,23,26H,11,13-15H2,1H3,(H,32,42)(H,34,38)(H,40,41);/q;+1/p-1/t21?,23?,26-;/m0./s1. The third-order valence-corrected chi connectivity index (χ3v) is 8.23. The molecular formula is C29H26FN6NaO8S. The molecule has 0 aromatic heterocycles. The van der Waals surface area contributed by atoms with Gasteiger partial charge in [-0.15, -0.1) is 11.8 Å². The molecule has 2 unspecified atom stereocenters. The summed E-state index contributed by atoms with van der Waals surface area (Å²) in [6.45, 7) is 0.824. The van der Waals surface area contributed by atoms with Crippen molar-refractivity contribution in [3.8, 4) is 0 Å². The van der Waals surface area contributed by atoms with Crippen molar-refractivity contribution in [3.63, 3.8) is 0 Å². The number of hydrogen-bond acceptors (Lipinski definition) is 11. The number of fused-ring (bicyclic) bond motifs is 1. The minimum atomic E-state index is -1.58. The summed E-state index contributed by atoms with van der Waals surface area (Å²) in [4.78, 5) is 75.5. The van der Waals surface area contributed by atoms with E-state index in [-0.39, 0.29) is 66.2 Å². The first-order valence-corrected chi connectivity index (χ1v) is 14.6. The average molecular weight is 661 g/mol. The van der Waals surface area contributed by atoms with Crippen LogP contribution in [-0.2, 0) is 35.3 Å². The van der Waals surface area contributed by atoms with Gasteiger partial charge in [-0.25, -0.2) is 14.7 Å². The molecule has 0 bridgehead atoms. The molecule has 3 aliphatic rings. The Kier molecular flexibility index (Phi) is 11.6. The second kappa shape index (κ2) is 15.4. The molecule has 1 saturated heterocycles. The first kappa shape index (κ1) is 34.6. The zero-order valence-corrected chi connectivity index (χ0v) is 27.5. The number of β-lactam (4-membered cyclic amide) rings is 1. The second-order valence-electron chi connectivity index (χ2n) is 10.1. The fourth-order valence-corrected chi connectivity index (χ4v) is 6.16. The van der Waals surface area contributed by atoms with Crippen molar-refractivity contribution in [2.45, 2.75) is 30.9 Å². The quantitative estimate of drug-likeness (QED) is 0.130. The summed E-state index contributed by atoms with van der Waals surface area (Å²) >= 11 is 1.22. The number of halogens is 1. The molecule has 1 fully saturated rings. The Balaban J connectivity index is 0.00000480. The monoisotopic (exact) mass is 660 g/mol. The van der Waals surface area contributed by atoms with Gasteiger partial charge in [0.05, 0.1) is 24.6 Å². The van der Waals surface area contributed by atoms with Crippen LogP contribution in [0.1, 0.15) is 18.1 Å². The summed E-state index contributed by atoms with van der Waals surface area (Å²) in [6, 6.07) is 13.3. The second-order valence-corrected chi connectivity index (χ2v) is 11.2. The summed E-state index contributed by atoms with van der Waals surface area (Å²) in [5.74, 6) is -3.17. The molecule has 2 aromatic rings. The van der Waals surface area contributed by atoms with E-state index in [1.54, 1.807) is 24.4 Å². The van der Waals surface area contributed by atoms with E-state index in [1.165, 1.54) is 24.8 Å². The number of hydrogen-bond donors (Lipinski definition) is 2. The van der Waals surface area contributed by atoms with Crippen molar-refractivity contribution < 1.29 is 72.8 Å². The van der Waals surface area contributed by atoms with Crippen molar-refractivity contribution in [1.29, 1.82) is 0 Å². The predicted octanol–water partition coefficient (Wildman–Crippen LogP) is -2.25. The maximum Gasteiger partial charge on any atom is 1.00 e. The van der Waals surface area contributed by atoms with E-state index in [4.69, 9.17) is 4.74 Å². The number of carboxylic acid groups (broad SMARTS) is 1. The molecular weight excluding hydrogens is 634 g/mol. The smallest absolute Gasteiger partial charge is 0.543 e. The van der Waals surface area contributed by atoms with Gasteiger partial charge >= 0.3 is 47.6 Å². The molecule has 2 aromatic carbocycles. The van der Waals surface area contributed by atoms with Crippen molar-refractivity contribution in [2.75, 3.05) is 24.2 Å². The molecule has 3 aliphatic heterocycles. The third kappa shape index (κ3) is 7.93. The normalized spacial score (nSPS) is 20.3. The average Bonchev–Trinajstić information content (AvgIpc) is 3.45. The minimum Gasteiger partial charge on any atom is -0.543 e. The number of carbonyl (C=O) groups is 5. The van der Waals surface area contributed by atoms with Gasteiger partial charge in [-0.05, 0) is 23.3 Å². The van der Waals surface area contributed by atoms with Crippen LogP contribution in [0.3, 0.4) is 0 Å². The number of urea groups is 1. The van der Waals surface area contributed by atoms with Crippen molar-refractivity contribution in [3.05, 3.63) is 77.0 Å². The van der Waals surface area contributed by atoms with E-state index < -0.39 is 53.4 Å². The van der Waals surface area contributed by atoms with Crippen molar-refractivity contribution in [2.24, 2.45) is 9.98 Å². The molecule has 0 radical (unpaired) electrons. The summed E-state index contributed by atoms with van der Waals surface area (Å²) in [5, 5.41) is 16.3. The molecule has 17 heteroatoms. The number of anilines is 1. The maximum atomic E-state index is 13.2. The molecule has 0 saturated carbocycles. The van der Waals surface area contributed by atoms with E-state index in [2.05, 4.69) is 25.6 Å². The van der Waals surface area contributed by atoms with Gasteiger partial charge in [0.15, 0.2) is 6.17 Å². The maximum absolute atomic E-state index is 13.2. The van der Waals surface area contributed by atoms with Crippen LogP contribution in [0, 0.1) is 0 Å². The number of carbonyl (C=O) groups excluding carboxylic acids is 5. The Labute approximate surface area is 288 Å². The molecule has 2 N–H and O–H groups in total. The first-order valence-electron chi connectivity index (χ1n) is 13.6. The predicted molar refractivity (Wildman–Crippen MR) is 157 cm³/mol. The molecule has 0 spiro atoms. The van der Waals surface area contributed by atoms with Crippen LogP contribution in [0.2, 0.25) is 0 Å². The van der Waals surface area contributed by atoms with Crippen molar-refractivity contribution >= 4 is 59.5 Å². The molecule has 5 rings (SSSR count). The topological polar surface area (TPSA) is 182 Å². The van der Waals surface area contributed by atoms with E-state index in [0.29, 0.717) is 11.3 Å². The fraction of sp³-hybridized carbons (Fsp3) is 0.276. The Bertz CT molecular complexity index is 1620. The summed E-state index contributed by atoms with van der Waals surface area (Å²) in [6.07, 6.45) is 0.623. The molecule has 14 nitrogen and oxygen atoms in total. The fourth-order valence-electron chi connectivity index (χ4n) is 4.83. The van der Waals surface area contributed by atoms with Crippen LogP contribution in [0.25, 0.3) is 0 Å². The minimum absolute atomic E-state index is 0. The number of nitrogens with zero attached hydrogens (tertiary/aromatic N) is 4. The van der Waals surface area contributed by atoms with Gasteiger partial charge in [0.2, 0.25) is 5.91 Å². The molecule has 4 amide bonds. The van der Waals surface area contributed by atoms with Gasteiger partial charge in [-0.1, -0.05) is 42.5 Å². The zero-order valence-electron chi connectivity index (χ0n) is 24.7. The number of ether oxygens (including phenoxy) is 1. The van der Waals surface area contributed by atoms with Crippen LogP contribution < -0.4 is 45.3 Å². The van der Waals surface area contributed by atoms with Crippen LogP contribution in [0.5, 0.6) is 0 Å². The molecule has 3 heterocycles.